The summed E-state index contributed by atoms with van der Waals surface area (Å²) in [6.07, 6.45) is 59.2. The molecule has 0 aliphatic carbocycles. The van der Waals surface area contributed by atoms with Crippen molar-refractivity contribution in [2.45, 2.75) is 384 Å². The quantitative estimate of drug-likeness (QED) is 0.0232. The second kappa shape index (κ2) is 83.4. The Bertz CT molecular complexity index is 1130. The molecule has 10 nitrogen and oxygen atoms in total. The van der Waals surface area contributed by atoms with Gasteiger partial charge in [0.15, 0.2) is 0 Å². The number of aliphatic hydroxyl groups is 2. The molecule has 0 amide bonds. The van der Waals surface area contributed by atoms with Crippen molar-refractivity contribution in [3.8, 4) is 0 Å². The van der Waals surface area contributed by atoms with E-state index in [0.29, 0.717) is 44.2 Å². The molecule has 0 bridgehead atoms. The number of Topliss-reactive ketones (excluding diaryl/α,β-unsaturated/α-hetero) is 1. The zero-order valence-corrected chi connectivity index (χ0v) is 56.0. The van der Waals surface area contributed by atoms with Crippen LogP contribution < -0.4 is 0 Å². The molecule has 1 aliphatic rings. The molecule has 3 N–H and O–H groups in total. The summed E-state index contributed by atoms with van der Waals surface area (Å²) in [4.78, 5) is 42.9. The number of hydrogen-bond acceptors (Lipinski definition) is 9. The number of carbonyl (C=O) groups is 4. The summed E-state index contributed by atoms with van der Waals surface area (Å²) >= 11 is 0. The first-order valence-electron chi connectivity index (χ1n) is 34.7. The molecule has 1 saturated heterocycles. The van der Waals surface area contributed by atoms with E-state index in [2.05, 4.69) is 46.3 Å². The lowest BCUT2D eigenvalue weighted by Crippen LogP contribution is -2.17. The summed E-state index contributed by atoms with van der Waals surface area (Å²) in [5.41, 5.74) is 0. The molecule has 0 spiro atoms. The Kier molecular flexibility index (Phi) is 93.0. The summed E-state index contributed by atoms with van der Waals surface area (Å²) in [6, 6.07) is 0. The highest BCUT2D eigenvalue weighted by atomic mass is 16.6. The van der Waals surface area contributed by atoms with Crippen LogP contribution >= 0.6 is 0 Å². The van der Waals surface area contributed by atoms with E-state index < -0.39 is 18.4 Å². The Morgan fingerprint density at radius 1 is 0.425 bits per heavy atom. The zero-order chi connectivity index (χ0) is 61.2. The standard InChI is InChI=1S/C25H48O3.C20H42O.C14H30O.C4H6O4.C3H6O.2C2H6/c1-4-7-9-11-13-14-16-18-20-23(19-17-15-12-10-8-5-2)22-28-25(27)21-24(26)6-3;1-3-5-7-9-11-12-14-16-18-20(19-21)17-15-13-10-8-6-4-2;1-2-3-4-5-6-7-8-9-10-11-12-13-14-15;1-8-4(7)2-3(5)6;1-3-2-4-3;2*1-2/h23H,4-22H2,1-3H3;20-21H,3-19H2,1-2H3;15H,2-14H2,1H3;2H2,1H3,(H,5,6);3H,2H2,1H3;2*1-2H3. The van der Waals surface area contributed by atoms with Crippen molar-refractivity contribution in [1.29, 1.82) is 0 Å². The maximum Gasteiger partial charge on any atom is 0.316 e. The fourth-order valence-corrected chi connectivity index (χ4v) is 8.99. The number of aliphatic hydroxyl groups excluding tert-OH is 2. The van der Waals surface area contributed by atoms with Gasteiger partial charge in [0, 0.05) is 19.6 Å². The number of methoxy groups -OCH3 is 1. The molecule has 1 fully saturated rings. The highest BCUT2D eigenvalue weighted by molar-refractivity contribution is 5.95. The van der Waals surface area contributed by atoms with Gasteiger partial charge in [-0.1, -0.05) is 320 Å². The monoisotopic (exact) mass is 1150 g/mol. The number of ether oxygens (including phenoxy) is 3. The summed E-state index contributed by atoms with van der Waals surface area (Å²) in [6.45, 7) is 25.4. The van der Waals surface area contributed by atoms with E-state index in [9.17, 15) is 24.3 Å². The molecule has 0 aromatic rings. The van der Waals surface area contributed by atoms with E-state index in [0.717, 1.165) is 33.0 Å². The first-order valence-corrected chi connectivity index (χ1v) is 34.7. The number of carboxylic acid groups (broad SMARTS) is 1. The second-order valence-corrected chi connectivity index (χ2v) is 22.2. The minimum Gasteiger partial charge on any atom is -0.481 e. The van der Waals surface area contributed by atoms with E-state index in [1.807, 2.05) is 27.7 Å². The summed E-state index contributed by atoms with van der Waals surface area (Å²) < 4.78 is 14.2. The van der Waals surface area contributed by atoms with Gasteiger partial charge in [-0.2, -0.15) is 0 Å². The third kappa shape index (κ3) is 92.4. The van der Waals surface area contributed by atoms with Crippen molar-refractivity contribution in [3.63, 3.8) is 0 Å². The molecule has 0 saturated carbocycles. The number of carbonyl (C=O) groups excluding carboxylic acids is 3. The van der Waals surface area contributed by atoms with Gasteiger partial charge in [0.1, 0.15) is 18.6 Å². The molecule has 1 aliphatic heterocycles. The van der Waals surface area contributed by atoms with E-state index in [1.165, 1.54) is 263 Å². The lowest BCUT2D eigenvalue weighted by molar-refractivity contribution is -0.150. The maximum absolute atomic E-state index is 11.8. The van der Waals surface area contributed by atoms with Gasteiger partial charge in [0.2, 0.25) is 0 Å². The SMILES string of the molecule is CC.CC.CC1CO1.CCCCCCCCCCC(CCCCCCCC)COC(=O)CC(=O)CC.CCCCCCCCCCC(CO)CCCCCCCC.CCCCCCCCCCCCCCO.COC(=O)CC(=O)O. The Morgan fingerprint density at radius 3 is 0.900 bits per heavy atom. The van der Waals surface area contributed by atoms with E-state index in [1.54, 1.807) is 6.92 Å². The van der Waals surface area contributed by atoms with Crippen molar-refractivity contribution in [2.75, 3.05) is 33.5 Å². The maximum atomic E-state index is 11.8. The first-order chi connectivity index (χ1) is 39.0. The molecule has 0 aromatic carbocycles. The lowest BCUT2D eigenvalue weighted by Gasteiger charge is -2.17. The summed E-state index contributed by atoms with van der Waals surface area (Å²) in [5, 5.41) is 26.0. The molecule has 3 unspecified atom stereocenters. The highest BCUT2D eigenvalue weighted by Crippen LogP contribution is 2.22. The predicted molar refractivity (Wildman–Crippen MR) is 346 cm³/mol. The molecular weight excluding hydrogens is 1000 g/mol. The van der Waals surface area contributed by atoms with Gasteiger partial charge in [-0.15, -0.1) is 0 Å². The number of hydrogen-bond donors (Lipinski definition) is 3. The molecule has 0 radical (unpaired) electrons. The molecule has 3 atom stereocenters. The van der Waals surface area contributed by atoms with Gasteiger partial charge in [-0.25, -0.2) is 0 Å². The van der Waals surface area contributed by atoms with Crippen molar-refractivity contribution < 1.29 is 48.7 Å². The van der Waals surface area contributed by atoms with Crippen LogP contribution in [0.15, 0.2) is 0 Å². The summed E-state index contributed by atoms with van der Waals surface area (Å²) in [7, 11) is 1.14. The highest BCUT2D eigenvalue weighted by Gasteiger charge is 2.15. The minimum atomic E-state index is -1.17. The second-order valence-electron chi connectivity index (χ2n) is 22.2. The number of esters is 2. The first kappa shape index (κ1) is 89.2. The average molecular weight is 1150 g/mol. The van der Waals surface area contributed by atoms with Crippen molar-refractivity contribution in [3.05, 3.63) is 0 Å². The molecule has 0 aromatic heterocycles. The molecule has 1 rings (SSSR count). The molecule has 80 heavy (non-hydrogen) atoms. The fraction of sp³-hybridized carbons (Fsp3) is 0.943. The van der Waals surface area contributed by atoms with Crippen LogP contribution in [0, 0.1) is 11.8 Å². The molecule has 1 heterocycles. The van der Waals surface area contributed by atoms with Gasteiger partial charge < -0.3 is 29.5 Å². The van der Waals surface area contributed by atoms with Crippen LogP contribution in [-0.2, 0) is 33.4 Å². The minimum absolute atomic E-state index is 0.0273. The number of aliphatic carboxylic acids is 1. The smallest absolute Gasteiger partial charge is 0.316 e. The van der Waals surface area contributed by atoms with Crippen LogP contribution in [-0.4, -0.2) is 78.7 Å². The number of carboxylic acids is 1. The van der Waals surface area contributed by atoms with Crippen molar-refractivity contribution in [2.24, 2.45) is 11.8 Å². The Labute approximate surface area is 499 Å². The van der Waals surface area contributed by atoms with Crippen LogP contribution in [0.25, 0.3) is 0 Å². The Morgan fingerprint density at radius 2 is 0.688 bits per heavy atom. The Hall–Kier alpha value is -2.04. The fourth-order valence-electron chi connectivity index (χ4n) is 8.99. The Balaban J connectivity index is -0.000000231. The zero-order valence-electron chi connectivity index (χ0n) is 56.0. The normalized spacial score (nSPS) is 12.6. The predicted octanol–water partition coefficient (Wildman–Crippen LogP) is 21.4. The lowest BCUT2D eigenvalue weighted by atomic mass is 9.94. The van der Waals surface area contributed by atoms with Crippen LogP contribution in [0.4, 0.5) is 0 Å². The van der Waals surface area contributed by atoms with Crippen LogP contribution in [0.1, 0.15) is 378 Å². The van der Waals surface area contributed by atoms with E-state index >= 15 is 0 Å². The number of rotatable bonds is 52. The van der Waals surface area contributed by atoms with E-state index in [4.69, 9.17) is 19.7 Å². The van der Waals surface area contributed by atoms with Gasteiger partial charge in [0.05, 0.1) is 26.4 Å². The van der Waals surface area contributed by atoms with Gasteiger partial charge in [-0.05, 0) is 50.9 Å². The number of ketones is 1. The van der Waals surface area contributed by atoms with Crippen molar-refractivity contribution >= 4 is 23.7 Å². The average Bonchev–Trinajstić information content (AvgIpc) is 4.27. The molecule has 484 valence electrons. The molecule has 10 heteroatoms. The number of unbranched alkanes of at least 4 members (excludes halogenated alkanes) is 35. The van der Waals surface area contributed by atoms with Gasteiger partial charge in [0.25, 0.3) is 0 Å². The van der Waals surface area contributed by atoms with Crippen LogP contribution in [0.2, 0.25) is 0 Å². The van der Waals surface area contributed by atoms with Gasteiger partial charge >= 0.3 is 17.9 Å². The van der Waals surface area contributed by atoms with Crippen LogP contribution in [0.3, 0.4) is 0 Å². The third-order valence-electron chi connectivity index (χ3n) is 14.4. The van der Waals surface area contributed by atoms with E-state index in [-0.39, 0.29) is 18.2 Å². The largest absolute Gasteiger partial charge is 0.481 e. The summed E-state index contributed by atoms with van der Waals surface area (Å²) in [5.74, 6) is -1.21. The topological polar surface area (TPSA) is 160 Å². The van der Waals surface area contributed by atoms with Crippen LogP contribution in [0.5, 0.6) is 0 Å². The van der Waals surface area contributed by atoms with Gasteiger partial charge in [-0.3, -0.25) is 19.2 Å². The third-order valence-corrected chi connectivity index (χ3v) is 14.4. The number of epoxide rings is 1. The van der Waals surface area contributed by atoms with Crippen molar-refractivity contribution in [1.82, 2.24) is 0 Å². The molecular formula is C70H144O10.